The minimum atomic E-state index is 1.21. The van der Waals surface area contributed by atoms with Crippen molar-refractivity contribution < 1.29 is 0 Å². The molecule has 24 valence electrons. The van der Waals surface area contributed by atoms with Crippen LogP contribution in [0.5, 0.6) is 0 Å². The first-order valence-corrected chi connectivity index (χ1v) is 2.64. The molecule has 0 saturated heterocycles. The SMILES string of the molecule is C/C=C/[SiH3]. The van der Waals surface area contributed by atoms with E-state index in [0.717, 1.165) is 0 Å². The summed E-state index contributed by atoms with van der Waals surface area (Å²) in [5.74, 6) is 0. The van der Waals surface area contributed by atoms with E-state index in [-0.39, 0.29) is 0 Å². The molecule has 0 nitrogen and oxygen atoms in total. The summed E-state index contributed by atoms with van der Waals surface area (Å²) in [6, 6.07) is 0. The summed E-state index contributed by atoms with van der Waals surface area (Å²) in [5, 5.41) is 0. The average Bonchev–Trinajstić information content (AvgIpc) is 1.37. The highest BCUT2D eigenvalue weighted by atomic mass is 28.1. The third-order valence-corrected chi connectivity index (χ3v) is 1.00. The average molecular weight is 72.2 g/mol. The van der Waals surface area contributed by atoms with Crippen molar-refractivity contribution in [3.05, 3.63) is 11.8 Å². The summed E-state index contributed by atoms with van der Waals surface area (Å²) in [6.45, 7) is 2.03. The second kappa shape index (κ2) is 2.96. The molecule has 0 atom stereocenters. The largest absolute Gasteiger partial charge is 0.110 e. The first kappa shape index (κ1) is 3.96. The molecule has 0 unspecified atom stereocenters. The van der Waals surface area contributed by atoms with E-state index in [9.17, 15) is 0 Å². The van der Waals surface area contributed by atoms with Crippen LogP contribution < -0.4 is 0 Å². The van der Waals surface area contributed by atoms with Crippen LogP contribution in [0.3, 0.4) is 0 Å². The Morgan fingerprint density at radius 3 is 2.00 bits per heavy atom. The standard InChI is InChI=1S/C3H8Si/c1-2-3-4/h2-3H,1,4H3/b3-2+. The zero-order valence-electron chi connectivity index (χ0n) is 3.15. The van der Waals surface area contributed by atoms with Gasteiger partial charge in [-0.3, -0.25) is 0 Å². The molecule has 0 aliphatic heterocycles. The van der Waals surface area contributed by atoms with E-state index >= 15 is 0 Å². The Morgan fingerprint density at radius 1 is 1.75 bits per heavy atom. The highest BCUT2D eigenvalue weighted by Crippen LogP contribution is 1.50. The van der Waals surface area contributed by atoms with Crippen LogP contribution in [0.4, 0.5) is 0 Å². The molecule has 0 aliphatic rings. The van der Waals surface area contributed by atoms with E-state index in [2.05, 4.69) is 11.8 Å². The summed E-state index contributed by atoms with van der Waals surface area (Å²) in [6.07, 6.45) is 2.06. The van der Waals surface area contributed by atoms with E-state index in [4.69, 9.17) is 0 Å². The Morgan fingerprint density at radius 2 is 2.00 bits per heavy atom. The van der Waals surface area contributed by atoms with Crippen LogP contribution in [-0.4, -0.2) is 10.2 Å². The van der Waals surface area contributed by atoms with Gasteiger partial charge in [-0.1, -0.05) is 6.08 Å². The highest BCUT2D eigenvalue weighted by Gasteiger charge is 1.35. The van der Waals surface area contributed by atoms with Gasteiger partial charge in [-0.05, 0) is 6.92 Å². The molecule has 0 aromatic heterocycles. The van der Waals surface area contributed by atoms with Gasteiger partial charge in [0.25, 0.3) is 0 Å². The molecule has 4 heavy (non-hydrogen) atoms. The molecular weight excluding hydrogens is 64.1 g/mol. The molecule has 0 bridgehead atoms. The minimum absolute atomic E-state index is 1.21. The number of hydrogen-bond donors (Lipinski definition) is 0. The fourth-order valence-corrected chi connectivity index (χ4v) is 0. The van der Waals surface area contributed by atoms with Crippen molar-refractivity contribution in [1.29, 1.82) is 0 Å². The van der Waals surface area contributed by atoms with Crippen LogP contribution in [-0.2, 0) is 0 Å². The lowest BCUT2D eigenvalue weighted by molar-refractivity contribution is 1.78. The summed E-state index contributed by atoms with van der Waals surface area (Å²) in [7, 11) is 1.21. The Kier molecular flexibility index (Phi) is 2.93. The van der Waals surface area contributed by atoms with Gasteiger partial charge in [0.05, 0.1) is 0 Å². The van der Waals surface area contributed by atoms with E-state index in [0.29, 0.717) is 0 Å². The second-order valence-electron chi connectivity index (χ2n) is 0.667. The quantitative estimate of drug-likeness (QED) is 0.350. The van der Waals surface area contributed by atoms with Gasteiger partial charge >= 0.3 is 0 Å². The molecule has 0 radical (unpaired) electrons. The second-order valence-corrected chi connectivity index (χ2v) is 1.33. The summed E-state index contributed by atoms with van der Waals surface area (Å²) in [5.41, 5.74) is 2.14. The fourth-order valence-electron chi connectivity index (χ4n) is 0. The van der Waals surface area contributed by atoms with Crippen LogP contribution in [0.15, 0.2) is 11.8 Å². The third-order valence-electron chi connectivity index (χ3n) is 0.333. The first-order chi connectivity index (χ1) is 1.91. The molecule has 0 aromatic carbocycles. The molecule has 0 N–H and O–H groups in total. The summed E-state index contributed by atoms with van der Waals surface area (Å²) < 4.78 is 0. The molecule has 0 saturated carbocycles. The van der Waals surface area contributed by atoms with E-state index < -0.39 is 0 Å². The molecule has 0 aliphatic carbocycles. The van der Waals surface area contributed by atoms with Crippen molar-refractivity contribution >= 4 is 10.2 Å². The Hall–Kier alpha value is -0.0431. The monoisotopic (exact) mass is 72.0 g/mol. The summed E-state index contributed by atoms with van der Waals surface area (Å²) >= 11 is 0. The van der Waals surface area contributed by atoms with Gasteiger partial charge in [-0.15, -0.1) is 5.70 Å². The van der Waals surface area contributed by atoms with Crippen molar-refractivity contribution in [3.63, 3.8) is 0 Å². The van der Waals surface area contributed by atoms with Gasteiger partial charge in [0.2, 0.25) is 0 Å². The smallest absolute Gasteiger partial charge is 0.0287 e. The number of hydrogen-bond acceptors (Lipinski definition) is 0. The lowest BCUT2D eigenvalue weighted by atomic mass is 10.8. The van der Waals surface area contributed by atoms with Gasteiger partial charge in [0.15, 0.2) is 0 Å². The van der Waals surface area contributed by atoms with Crippen LogP contribution in [0.2, 0.25) is 0 Å². The number of rotatable bonds is 0. The van der Waals surface area contributed by atoms with Gasteiger partial charge in [-0.25, -0.2) is 0 Å². The Labute approximate surface area is 30.0 Å². The summed E-state index contributed by atoms with van der Waals surface area (Å²) in [4.78, 5) is 0. The molecule has 0 spiro atoms. The minimum Gasteiger partial charge on any atom is -0.110 e. The molecular formula is C3H8Si. The predicted molar refractivity (Wildman–Crippen MR) is 24.8 cm³/mol. The number of allylic oxidation sites excluding steroid dienone is 1. The van der Waals surface area contributed by atoms with Gasteiger partial charge < -0.3 is 0 Å². The zero-order chi connectivity index (χ0) is 3.41. The van der Waals surface area contributed by atoms with Crippen molar-refractivity contribution in [3.8, 4) is 0 Å². The van der Waals surface area contributed by atoms with Crippen LogP contribution in [0.1, 0.15) is 6.92 Å². The lowest BCUT2D eigenvalue weighted by Gasteiger charge is -1.49. The predicted octanol–water partition coefficient (Wildman–Crippen LogP) is -0.115. The van der Waals surface area contributed by atoms with Crippen LogP contribution >= 0.6 is 0 Å². The van der Waals surface area contributed by atoms with E-state index in [1.54, 1.807) is 0 Å². The van der Waals surface area contributed by atoms with Gasteiger partial charge in [-0.2, -0.15) is 0 Å². The van der Waals surface area contributed by atoms with Crippen LogP contribution in [0, 0.1) is 0 Å². The third kappa shape index (κ3) is 1.96. The van der Waals surface area contributed by atoms with Crippen molar-refractivity contribution in [2.24, 2.45) is 0 Å². The van der Waals surface area contributed by atoms with E-state index in [1.807, 2.05) is 6.92 Å². The Balaban J connectivity index is 2.55. The zero-order valence-corrected chi connectivity index (χ0v) is 5.15. The maximum atomic E-state index is 2.14. The maximum absolute atomic E-state index is 2.14. The topological polar surface area (TPSA) is 0 Å². The van der Waals surface area contributed by atoms with Crippen LogP contribution in [0.25, 0.3) is 0 Å². The molecule has 0 aromatic rings. The van der Waals surface area contributed by atoms with E-state index in [1.165, 1.54) is 10.2 Å². The molecule has 0 heterocycles. The maximum Gasteiger partial charge on any atom is 0.0287 e. The molecule has 1 heteroatoms. The van der Waals surface area contributed by atoms with Gasteiger partial charge in [0, 0.05) is 10.2 Å². The first-order valence-electron chi connectivity index (χ1n) is 1.49. The van der Waals surface area contributed by atoms with Crippen molar-refractivity contribution in [2.45, 2.75) is 6.92 Å². The normalized spacial score (nSPS) is 10.2. The highest BCUT2D eigenvalue weighted by molar-refractivity contribution is 6.16. The molecule has 0 rings (SSSR count). The molecule has 0 fully saturated rings. The van der Waals surface area contributed by atoms with Crippen molar-refractivity contribution in [2.75, 3.05) is 0 Å². The Bertz CT molecular complexity index is 18.5. The van der Waals surface area contributed by atoms with Crippen molar-refractivity contribution in [1.82, 2.24) is 0 Å². The molecule has 0 amide bonds. The lowest BCUT2D eigenvalue weighted by Crippen LogP contribution is -1.39. The fraction of sp³-hybridized carbons (Fsp3) is 0.333. The van der Waals surface area contributed by atoms with Gasteiger partial charge in [0.1, 0.15) is 0 Å².